The molecular formula is C15H26N2. The van der Waals surface area contributed by atoms with E-state index in [2.05, 4.69) is 49.9 Å². The Hall–Kier alpha value is -0.860. The quantitative estimate of drug-likeness (QED) is 0.785. The van der Waals surface area contributed by atoms with Crippen LogP contribution in [-0.4, -0.2) is 24.5 Å². The summed E-state index contributed by atoms with van der Waals surface area (Å²) >= 11 is 0. The summed E-state index contributed by atoms with van der Waals surface area (Å²) in [6.07, 6.45) is 2.39. The van der Waals surface area contributed by atoms with Crippen LogP contribution in [0.1, 0.15) is 43.9 Å². The van der Waals surface area contributed by atoms with E-state index in [-0.39, 0.29) is 6.04 Å². The Labute approximate surface area is 106 Å². The van der Waals surface area contributed by atoms with Crippen LogP contribution < -0.4 is 5.73 Å². The van der Waals surface area contributed by atoms with Crippen molar-refractivity contribution >= 4 is 0 Å². The van der Waals surface area contributed by atoms with Crippen LogP contribution in [0.5, 0.6) is 0 Å². The van der Waals surface area contributed by atoms with Gasteiger partial charge in [0, 0.05) is 12.6 Å². The van der Waals surface area contributed by atoms with Gasteiger partial charge in [0.1, 0.15) is 0 Å². The molecule has 0 aliphatic carbocycles. The van der Waals surface area contributed by atoms with E-state index in [4.69, 9.17) is 5.73 Å². The smallest absolute Gasteiger partial charge is 0.0424 e. The van der Waals surface area contributed by atoms with Gasteiger partial charge in [-0.1, -0.05) is 43.7 Å². The van der Waals surface area contributed by atoms with Crippen molar-refractivity contribution in [2.24, 2.45) is 5.73 Å². The number of hydrogen-bond acceptors (Lipinski definition) is 2. The van der Waals surface area contributed by atoms with E-state index >= 15 is 0 Å². The maximum atomic E-state index is 6.26. The van der Waals surface area contributed by atoms with E-state index < -0.39 is 0 Å². The summed E-state index contributed by atoms with van der Waals surface area (Å²) in [4.78, 5) is 2.46. The molecule has 1 aromatic carbocycles. The summed E-state index contributed by atoms with van der Waals surface area (Å²) in [5.74, 6) is 0. The van der Waals surface area contributed by atoms with Gasteiger partial charge >= 0.3 is 0 Å². The summed E-state index contributed by atoms with van der Waals surface area (Å²) in [5, 5.41) is 0. The lowest BCUT2D eigenvalue weighted by molar-refractivity contribution is 0.258. The normalized spacial score (nSPS) is 13.0. The van der Waals surface area contributed by atoms with Crippen LogP contribution in [0.3, 0.4) is 0 Å². The molecule has 2 heteroatoms. The topological polar surface area (TPSA) is 29.3 Å². The van der Waals surface area contributed by atoms with Crippen LogP contribution in [0.2, 0.25) is 0 Å². The number of rotatable bonds is 7. The molecular weight excluding hydrogens is 208 g/mol. The largest absolute Gasteiger partial charge is 0.323 e. The summed E-state index contributed by atoms with van der Waals surface area (Å²) in [5.41, 5.74) is 8.80. The third-order valence-corrected chi connectivity index (χ3v) is 3.04. The molecule has 2 N–H and O–H groups in total. The van der Waals surface area contributed by atoms with Crippen molar-refractivity contribution in [1.82, 2.24) is 4.90 Å². The molecule has 0 spiro atoms. The fourth-order valence-corrected chi connectivity index (χ4v) is 2.12. The first-order valence-electron chi connectivity index (χ1n) is 6.71. The standard InChI is InChI=1S/C15H26N2/c1-4-10-17(11-5-2)12-15(16)14-8-6-13(3)7-9-14/h6-9,15H,4-5,10-12,16H2,1-3H3. The van der Waals surface area contributed by atoms with Crippen molar-refractivity contribution in [3.8, 4) is 0 Å². The molecule has 0 aliphatic heterocycles. The number of nitrogens with zero attached hydrogens (tertiary/aromatic N) is 1. The van der Waals surface area contributed by atoms with Crippen molar-refractivity contribution in [1.29, 1.82) is 0 Å². The third kappa shape index (κ3) is 4.88. The van der Waals surface area contributed by atoms with Crippen molar-refractivity contribution in [2.75, 3.05) is 19.6 Å². The molecule has 0 radical (unpaired) electrons. The highest BCUT2D eigenvalue weighted by Crippen LogP contribution is 2.13. The Morgan fingerprint density at radius 2 is 1.59 bits per heavy atom. The predicted octanol–water partition coefficient (Wildman–Crippen LogP) is 3.12. The fourth-order valence-electron chi connectivity index (χ4n) is 2.12. The van der Waals surface area contributed by atoms with Gasteiger partial charge in [0.05, 0.1) is 0 Å². The lowest BCUT2D eigenvalue weighted by atomic mass is 10.1. The molecule has 1 aromatic rings. The number of aryl methyl sites for hydroxylation is 1. The molecule has 1 unspecified atom stereocenters. The van der Waals surface area contributed by atoms with E-state index in [1.54, 1.807) is 0 Å². The molecule has 0 heterocycles. The fraction of sp³-hybridized carbons (Fsp3) is 0.600. The lowest BCUT2D eigenvalue weighted by Gasteiger charge is -2.25. The Bertz CT molecular complexity index is 299. The minimum Gasteiger partial charge on any atom is -0.323 e. The third-order valence-electron chi connectivity index (χ3n) is 3.04. The number of benzene rings is 1. The second-order valence-electron chi connectivity index (χ2n) is 4.82. The monoisotopic (exact) mass is 234 g/mol. The molecule has 0 bridgehead atoms. The number of hydrogen-bond donors (Lipinski definition) is 1. The lowest BCUT2D eigenvalue weighted by Crippen LogP contribution is -2.33. The molecule has 0 fully saturated rings. The van der Waals surface area contributed by atoms with E-state index in [0.29, 0.717) is 0 Å². The first-order valence-corrected chi connectivity index (χ1v) is 6.71. The molecule has 17 heavy (non-hydrogen) atoms. The highest BCUT2D eigenvalue weighted by molar-refractivity contribution is 5.24. The van der Waals surface area contributed by atoms with Crippen LogP contribution >= 0.6 is 0 Å². The Balaban J connectivity index is 2.56. The molecule has 0 amide bonds. The van der Waals surface area contributed by atoms with Gasteiger partial charge < -0.3 is 10.6 Å². The predicted molar refractivity (Wildman–Crippen MR) is 75.1 cm³/mol. The average Bonchev–Trinajstić information content (AvgIpc) is 2.30. The molecule has 96 valence electrons. The Morgan fingerprint density at radius 3 is 2.06 bits per heavy atom. The summed E-state index contributed by atoms with van der Waals surface area (Å²) in [6, 6.07) is 8.71. The van der Waals surface area contributed by atoms with E-state index in [9.17, 15) is 0 Å². The highest BCUT2D eigenvalue weighted by Gasteiger charge is 2.10. The van der Waals surface area contributed by atoms with Crippen LogP contribution in [0.25, 0.3) is 0 Å². The van der Waals surface area contributed by atoms with Crippen molar-refractivity contribution in [3.63, 3.8) is 0 Å². The average molecular weight is 234 g/mol. The molecule has 1 rings (SSSR count). The molecule has 0 saturated heterocycles. The Morgan fingerprint density at radius 1 is 1.06 bits per heavy atom. The van der Waals surface area contributed by atoms with E-state index in [1.807, 2.05) is 0 Å². The number of nitrogens with two attached hydrogens (primary N) is 1. The van der Waals surface area contributed by atoms with Gasteiger partial charge in [0.25, 0.3) is 0 Å². The molecule has 1 atom stereocenters. The summed E-state index contributed by atoms with van der Waals surface area (Å²) in [7, 11) is 0. The van der Waals surface area contributed by atoms with E-state index in [1.165, 1.54) is 24.0 Å². The SMILES string of the molecule is CCCN(CCC)CC(N)c1ccc(C)cc1. The van der Waals surface area contributed by atoms with Gasteiger partial charge in [-0.3, -0.25) is 0 Å². The van der Waals surface area contributed by atoms with Crippen LogP contribution in [0.4, 0.5) is 0 Å². The maximum Gasteiger partial charge on any atom is 0.0424 e. The van der Waals surface area contributed by atoms with Gasteiger partial charge in [-0.05, 0) is 38.4 Å². The van der Waals surface area contributed by atoms with Gasteiger partial charge in [0.2, 0.25) is 0 Å². The minimum atomic E-state index is 0.133. The zero-order valence-electron chi connectivity index (χ0n) is 11.4. The molecule has 2 nitrogen and oxygen atoms in total. The Kier molecular flexibility index (Phi) is 6.23. The van der Waals surface area contributed by atoms with Gasteiger partial charge in [-0.2, -0.15) is 0 Å². The maximum absolute atomic E-state index is 6.26. The highest BCUT2D eigenvalue weighted by atomic mass is 15.1. The zero-order valence-corrected chi connectivity index (χ0v) is 11.4. The van der Waals surface area contributed by atoms with Gasteiger partial charge in [0.15, 0.2) is 0 Å². The van der Waals surface area contributed by atoms with Crippen LogP contribution in [-0.2, 0) is 0 Å². The summed E-state index contributed by atoms with van der Waals surface area (Å²) < 4.78 is 0. The van der Waals surface area contributed by atoms with Crippen molar-refractivity contribution in [3.05, 3.63) is 35.4 Å². The molecule has 0 aromatic heterocycles. The van der Waals surface area contributed by atoms with Crippen LogP contribution in [0, 0.1) is 6.92 Å². The molecule has 0 saturated carbocycles. The first kappa shape index (κ1) is 14.2. The second kappa shape index (κ2) is 7.46. The van der Waals surface area contributed by atoms with Gasteiger partial charge in [-0.25, -0.2) is 0 Å². The first-order chi connectivity index (χ1) is 8.17. The van der Waals surface area contributed by atoms with Crippen molar-refractivity contribution < 1.29 is 0 Å². The van der Waals surface area contributed by atoms with Crippen LogP contribution in [0.15, 0.2) is 24.3 Å². The zero-order chi connectivity index (χ0) is 12.7. The van der Waals surface area contributed by atoms with Crippen molar-refractivity contribution in [2.45, 2.75) is 39.7 Å². The van der Waals surface area contributed by atoms with Gasteiger partial charge in [-0.15, -0.1) is 0 Å². The second-order valence-corrected chi connectivity index (χ2v) is 4.82. The molecule has 0 aliphatic rings. The summed E-state index contributed by atoms with van der Waals surface area (Å²) in [6.45, 7) is 9.81. The minimum absolute atomic E-state index is 0.133. The van der Waals surface area contributed by atoms with E-state index in [0.717, 1.165) is 19.6 Å².